The fourth-order valence-electron chi connectivity index (χ4n) is 2.55. The molecule has 0 radical (unpaired) electrons. The van der Waals surface area contributed by atoms with Gasteiger partial charge in [0.1, 0.15) is 5.75 Å². The van der Waals surface area contributed by atoms with Crippen molar-refractivity contribution < 1.29 is 14.3 Å². The highest BCUT2D eigenvalue weighted by molar-refractivity contribution is 6.02. The molecule has 1 aromatic heterocycles. The van der Waals surface area contributed by atoms with Crippen molar-refractivity contribution in [3.8, 4) is 5.75 Å². The molecule has 7 nitrogen and oxygen atoms in total. The van der Waals surface area contributed by atoms with Gasteiger partial charge in [0.05, 0.1) is 5.69 Å². The van der Waals surface area contributed by atoms with E-state index in [2.05, 4.69) is 36.5 Å². The van der Waals surface area contributed by atoms with Crippen LogP contribution >= 0.6 is 0 Å². The highest BCUT2D eigenvalue weighted by Gasteiger charge is 2.18. The predicted molar refractivity (Wildman–Crippen MR) is 110 cm³/mol. The molecule has 0 bridgehead atoms. The van der Waals surface area contributed by atoms with E-state index in [4.69, 9.17) is 4.74 Å². The van der Waals surface area contributed by atoms with E-state index in [9.17, 15) is 9.59 Å². The molecular formula is C21H30N4O3. The molecule has 0 aliphatic carbocycles. The van der Waals surface area contributed by atoms with E-state index in [-0.39, 0.29) is 29.5 Å². The van der Waals surface area contributed by atoms with Gasteiger partial charge in [-0.2, -0.15) is 5.10 Å². The van der Waals surface area contributed by atoms with Crippen LogP contribution in [0, 0.1) is 0 Å². The minimum Gasteiger partial charge on any atom is -0.484 e. The van der Waals surface area contributed by atoms with Crippen LogP contribution in [0.25, 0.3) is 0 Å². The number of amides is 2. The molecule has 0 fully saturated rings. The fourth-order valence-corrected chi connectivity index (χ4v) is 2.55. The topological polar surface area (TPSA) is 85.3 Å². The number of ether oxygens (including phenoxy) is 1. The van der Waals surface area contributed by atoms with E-state index in [0.717, 1.165) is 6.42 Å². The van der Waals surface area contributed by atoms with Crippen LogP contribution in [-0.4, -0.2) is 34.7 Å². The second-order valence-corrected chi connectivity index (χ2v) is 7.61. The van der Waals surface area contributed by atoms with Crippen LogP contribution < -0.4 is 15.4 Å². The van der Waals surface area contributed by atoms with Crippen molar-refractivity contribution in [1.29, 1.82) is 0 Å². The van der Waals surface area contributed by atoms with Crippen molar-refractivity contribution in [1.82, 2.24) is 15.1 Å². The third kappa shape index (κ3) is 5.84. The van der Waals surface area contributed by atoms with E-state index >= 15 is 0 Å². The Morgan fingerprint density at radius 3 is 2.39 bits per heavy atom. The Balaban J connectivity index is 1.99. The molecule has 1 heterocycles. The number of rotatable bonds is 8. The second kappa shape index (κ2) is 9.39. The summed E-state index contributed by atoms with van der Waals surface area (Å²) >= 11 is 0. The van der Waals surface area contributed by atoms with E-state index in [0.29, 0.717) is 24.5 Å². The van der Waals surface area contributed by atoms with Gasteiger partial charge in [0.2, 0.25) is 0 Å². The SMILES string of the molecule is CCCNC(=O)c1nn(CC)cc1NC(=O)COc1ccc(C(C)(C)C)cc1. The zero-order valence-electron chi connectivity index (χ0n) is 17.3. The molecule has 0 saturated heterocycles. The number of carbonyl (C=O) groups excluding carboxylic acids is 2. The maximum atomic E-state index is 12.3. The zero-order valence-corrected chi connectivity index (χ0v) is 17.3. The van der Waals surface area contributed by atoms with E-state index < -0.39 is 0 Å². The molecule has 2 N–H and O–H groups in total. The van der Waals surface area contributed by atoms with Gasteiger partial charge in [-0.3, -0.25) is 14.3 Å². The Hall–Kier alpha value is -2.83. The number of hydrogen-bond acceptors (Lipinski definition) is 4. The first-order valence-electron chi connectivity index (χ1n) is 9.63. The Kier molecular flexibility index (Phi) is 7.20. The summed E-state index contributed by atoms with van der Waals surface area (Å²) in [6.07, 6.45) is 2.47. The van der Waals surface area contributed by atoms with E-state index in [1.165, 1.54) is 5.56 Å². The van der Waals surface area contributed by atoms with Crippen LogP contribution in [-0.2, 0) is 16.8 Å². The fraction of sp³-hybridized carbons (Fsp3) is 0.476. The average molecular weight is 386 g/mol. The molecule has 0 saturated carbocycles. The lowest BCUT2D eigenvalue weighted by atomic mass is 9.87. The summed E-state index contributed by atoms with van der Waals surface area (Å²) in [5.74, 6) is -0.0311. The number of aryl methyl sites for hydroxylation is 1. The predicted octanol–water partition coefficient (Wildman–Crippen LogP) is 3.36. The zero-order chi connectivity index (χ0) is 20.7. The van der Waals surface area contributed by atoms with Gasteiger partial charge in [-0.1, -0.05) is 39.8 Å². The van der Waals surface area contributed by atoms with Crippen molar-refractivity contribution in [3.63, 3.8) is 0 Å². The minimum absolute atomic E-state index is 0.0596. The molecule has 28 heavy (non-hydrogen) atoms. The number of benzene rings is 1. The van der Waals surface area contributed by atoms with Crippen LogP contribution in [0.2, 0.25) is 0 Å². The normalized spacial score (nSPS) is 11.2. The second-order valence-electron chi connectivity index (χ2n) is 7.61. The van der Waals surface area contributed by atoms with Gasteiger partial charge in [-0.05, 0) is 36.5 Å². The Morgan fingerprint density at radius 1 is 1.14 bits per heavy atom. The number of nitrogens with one attached hydrogen (secondary N) is 2. The number of carbonyl (C=O) groups is 2. The lowest BCUT2D eigenvalue weighted by molar-refractivity contribution is -0.118. The quantitative estimate of drug-likeness (QED) is 0.728. The van der Waals surface area contributed by atoms with Gasteiger partial charge in [-0.25, -0.2) is 0 Å². The summed E-state index contributed by atoms with van der Waals surface area (Å²) in [6.45, 7) is 11.3. The molecule has 7 heteroatoms. The van der Waals surface area contributed by atoms with E-state index in [1.54, 1.807) is 10.9 Å². The standard InChI is InChI=1S/C21H30N4O3/c1-6-12-22-20(27)19-17(13-25(7-2)24-19)23-18(26)14-28-16-10-8-15(9-11-16)21(3,4)5/h8-11,13H,6-7,12,14H2,1-5H3,(H,22,27)(H,23,26). The van der Waals surface area contributed by atoms with Gasteiger partial charge < -0.3 is 15.4 Å². The Morgan fingerprint density at radius 2 is 1.82 bits per heavy atom. The van der Waals surface area contributed by atoms with Crippen molar-refractivity contribution in [3.05, 3.63) is 41.7 Å². The number of hydrogen-bond donors (Lipinski definition) is 2. The third-order valence-electron chi connectivity index (χ3n) is 4.20. The summed E-state index contributed by atoms with van der Waals surface area (Å²) < 4.78 is 7.18. The number of nitrogens with zero attached hydrogens (tertiary/aromatic N) is 2. The molecule has 2 amide bonds. The largest absolute Gasteiger partial charge is 0.484 e. The van der Waals surface area contributed by atoms with Gasteiger partial charge in [0.25, 0.3) is 11.8 Å². The summed E-state index contributed by atoms with van der Waals surface area (Å²) in [5.41, 5.74) is 1.84. The van der Waals surface area contributed by atoms with Crippen molar-refractivity contribution >= 4 is 17.5 Å². The maximum Gasteiger partial charge on any atom is 0.273 e. The third-order valence-corrected chi connectivity index (χ3v) is 4.20. The van der Waals surface area contributed by atoms with E-state index in [1.807, 2.05) is 38.1 Å². The van der Waals surface area contributed by atoms with Gasteiger partial charge >= 0.3 is 0 Å². The summed E-state index contributed by atoms with van der Waals surface area (Å²) in [5, 5.41) is 9.73. The molecule has 0 unspecified atom stereocenters. The van der Waals surface area contributed by atoms with Gasteiger partial charge in [0, 0.05) is 19.3 Å². The smallest absolute Gasteiger partial charge is 0.273 e. The lowest BCUT2D eigenvalue weighted by Crippen LogP contribution is -2.27. The molecule has 2 aromatic rings. The molecule has 0 spiro atoms. The Labute approximate surface area is 166 Å². The highest BCUT2D eigenvalue weighted by Crippen LogP contribution is 2.24. The Bertz CT molecular complexity index is 804. The first-order valence-corrected chi connectivity index (χ1v) is 9.63. The number of aromatic nitrogens is 2. The van der Waals surface area contributed by atoms with Crippen LogP contribution in [0.15, 0.2) is 30.5 Å². The summed E-state index contributed by atoms with van der Waals surface area (Å²) in [4.78, 5) is 24.6. The molecule has 0 atom stereocenters. The minimum atomic E-state index is -0.347. The summed E-state index contributed by atoms with van der Waals surface area (Å²) in [6, 6.07) is 7.70. The van der Waals surface area contributed by atoms with Gasteiger partial charge in [-0.15, -0.1) is 0 Å². The van der Waals surface area contributed by atoms with Crippen molar-refractivity contribution in [2.75, 3.05) is 18.5 Å². The van der Waals surface area contributed by atoms with Crippen LogP contribution in [0.4, 0.5) is 5.69 Å². The lowest BCUT2D eigenvalue weighted by Gasteiger charge is -2.19. The molecule has 0 aliphatic heterocycles. The van der Waals surface area contributed by atoms with Crippen molar-refractivity contribution in [2.24, 2.45) is 0 Å². The van der Waals surface area contributed by atoms with Crippen LogP contribution in [0.5, 0.6) is 5.75 Å². The first-order chi connectivity index (χ1) is 13.2. The first kappa shape index (κ1) is 21.5. The van der Waals surface area contributed by atoms with Crippen molar-refractivity contribution in [2.45, 2.75) is 53.0 Å². The highest BCUT2D eigenvalue weighted by atomic mass is 16.5. The number of anilines is 1. The van der Waals surface area contributed by atoms with Gasteiger partial charge in [0.15, 0.2) is 12.3 Å². The monoisotopic (exact) mass is 386 g/mol. The maximum absolute atomic E-state index is 12.3. The molecular weight excluding hydrogens is 356 g/mol. The molecule has 2 rings (SSSR count). The van der Waals surface area contributed by atoms with Crippen LogP contribution in [0.3, 0.4) is 0 Å². The molecule has 1 aromatic carbocycles. The summed E-state index contributed by atoms with van der Waals surface area (Å²) in [7, 11) is 0. The average Bonchev–Trinajstić information content (AvgIpc) is 3.07. The van der Waals surface area contributed by atoms with Crippen LogP contribution in [0.1, 0.15) is 57.1 Å². The molecule has 152 valence electrons. The molecule has 0 aliphatic rings.